The molecule has 0 atom stereocenters. The summed E-state index contributed by atoms with van der Waals surface area (Å²) in [6.45, 7) is 9.48. The topological polar surface area (TPSA) is 6.48 Å². The molecule has 0 fully saturated rings. The van der Waals surface area contributed by atoms with Gasteiger partial charge in [0.05, 0.1) is 6.17 Å². The van der Waals surface area contributed by atoms with E-state index < -0.39 is 0 Å². The van der Waals surface area contributed by atoms with E-state index in [1.54, 1.807) is 0 Å². The molecule has 0 radical (unpaired) electrons. The second-order valence-corrected chi connectivity index (χ2v) is 11.9. The molecule has 0 aromatic heterocycles. The maximum absolute atomic E-state index is 2.57. The van der Waals surface area contributed by atoms with Crippen molar-refractivity contribution in [3.05, 3.63) is 12.4 Å². The molecule has 0 aliphatic carbocycles. The third-order valence-electron chi connectivity index (χ3n) is 8.45. The van der Waals surface area contributed by atoms with Crippen molar-refractivity contribution in [1.29, 1.82) is 0 Å². The minimum absolute atomic E-state index is 0.569. The minimum atomic E-state index is 0.569. The zero-order valence-electron chi connectivity index (χ0n) is 25.4. The Balaban J connectivity index is 1.84. The number of hydrogen-bond donors (Lipinski definition) is 0. The molecule has 0 aromatic rings. The monoisotopic (exact) mass is 505 g/mol. The van der Waals surface area contributed by atoms with Crippen molar-refractivity contribution in [2.24, 2.45) is 0 Å². The number of hydrogen-bond acceptors (Lipinski definition) is 2. The molecular weight excluding hydrogens is 436 g/mol. The molecule has 1 heterocycles. The van der Waals surface area contributed by atoms with Crippen LogP contribution in [0, 0.1) is 0 Å². The number of rotatable bonds is 28. The Morgan fingerprint density at radius 1 is 0.361 bits per heavy atom. The Kier molecular flexibility index (Phi) is 24.1. The second-order valence-electron chi connectivity index (χ2n) is 11.9. The summed E-state index contributed by atoms with van der Waals surface area (Å²) < 4.78 is 0. The summed E-state index contributed by atoms with van der Waals surface area (Å²) in [5, 5.41) is 0. The molecular formula is C34H68N2. The molecule has 0 amide bonds. The molecule has 1 aliphatic rings. The summed E-state index contributed by atoms with van der Waals surface area (Å²) in [5.74, 6) is 0. The van der Waals surface area contributed by atoms with Crippen molar-refractivity contribution >= 4 is 0 Å². The summed E-state index contributed by atoms with van der Waals surface area (Å²) in [7, 11) is 0. The van der Waals surface area contributed by atoms with Crippen LogP contribution < -0.4 is 0 Å². The van der Waals surface area contributed by atoms with E-state index in [9.17, 15) is 0 Å². The highest BCUT2D eigenvalue weighted by Crippen LogP contribution is 2.19. The third-order valence-corrected chi connectivity index (χ3v) is 8.45. The smallest absolute Gasteiger partial charge is 0.0977 e. The van der Waals surface area contributed by atoms with Gasteiger partial charge in [-0.15, -0.1) is 0 Å². The van der Waals surface area contributed by atoms with Crippen LogP contribution in [0.1, 0.15) is 188 Å². The predicted molar refractivity (Wildman–Crippen MR) is 163 cm³/mol. The Labute approximate surface area is 229 Å². The van der Waals surface area contributed by atoms with Crippen molar-refractivity contribution in [1.82, 2.24) is 9.80 Å². The van der Waals surface area contributed by atoms with E-state index in [1.807, 2.05) is 0 Å². The lowest BCUT2D eigenvalue weighted by Crippen LogP contribution is -2.36. The van der Waals surface area contributed by atoms with Crippen LogP contribution in [0.4, 0.5) is 0 Å². The van der Waals surface area contributed by atoms with Crippen molar-refractivity contribution in [3.8, 4) is 0 Å². The van der Waals surface area contributed by atoms with E-state index in [4.69, 9.17) is 0 Å². The Hall–Kier alpha value is -0.660. The van der Waals surface area contributed by atoms with Gasteiger partial charge < -0.3 is 9.80 Å². The first-order chi connectivity index (χ1) is 17.8. The van der Waals surface area contributed by atoms with Crippen LogP contribution in [0.2, 0.25) is 0 Å². The van der Waals surface area contributed by atoms with Crippen molar-refractivity contribution in [3.63, 3.8) is 0 Å². The number of unbranched alkanes of at least 4 members (excludes halogenated alkanes) is 24. The minimum Gasteiger partial charge on any atom is -0.356 e. The summed E-state index contributed by atoms with van der Waals surface area (Å²) in [5.41, 5.74) is 0. The van der Waals surface area contributed by atoms with E-state index in [0.29, 0.717) is 6.17 Å². The van der Waals surface area contributed by atoms with Gasteiger partial charge in [-0.05, 0) is 19.8 Å². The van der Waals surface area contributed by atoms with Gasteiger partial charge in [-0.2, -0.15) is 0 Å². The average molecular weight is 505 g/mol. The summed E-state index contributed by atoms with van der Waals surface area (Å²) in [6.07, 6.45) is 42.7. The molecule has 0 saturated carbocycles. The summed E-state index contributed by atoms with van der Waals surface area (Å²) in [6, 6.07) is 0. The fourth-order valence-corrected chi connectivity index (χ4v) is 5.76. The van der Waals surface area contributed by atoms with Gasteiger partial charge in [0.2, 0.25) is 0 Å². The van der Waals surface area contributed by atoms with E-state index in [1.165, 1.54) is 180 Å². The molecule has 0 N–H and O–H groups in total. The van der Waals surface area contributed by atoms with Crippen LogP contribution >= 0.6 is 0 Å². The van der Waals surface area contributed by atoms with E-state index >= 15 is 0 Å². The van der Waals surface area contributed by atoms with Crippen LogP contribution in [0.5, 0.6) is 0 Å². The highest BCUT2D eigenvalue weighted by atomic mass is 15.4. The molecule has 2 heteroatoms. The van der Waals surface area contributed by atoms with Gasteiger partial charge in [-0.1, -0.05) is 168 Å². The fraction of sp³-hybridized carbons (Fsp3) is 0.941. The average Bonchev–Trinajstić information content (AvgIpc) is 3.23. The van der Waals surface area contributed by atoms with Gasteiger partial charge in [0.15, 0.2) is 0 Å². The first-order valence-electron chi connectivity index (χ1n) is 17.0. The molecule has 0 spiro atoms. The molecule has 0 aromatic carbocycles. The molecule has 0 bridgehead atoms. The lowest BCUT2D eigenvalue weighted by molar-refractivity contribution is 0.165. The van der Waals surface area contributed by atoms with Gasteiger partial charge in [0.1, 0.15) is 0 Å². The molecule has 36 heavy (non-hydrogen) atoms. The van der Waals surface area contributed by atoms with Crippen molar-refractivity contribution in [2.75, 3.05) is 13.1 Å². The van der Waals surface area contributed by atoms with Crippen molar-refractivity contribution < 1.29 is 0 Å². The third kappa shape index (κ3) is 19.5. The molecule has 2 nitrogen and oxygen atoms in total. The Bertz CT molecular complexity index is 420. The normalized spacial score (nSPS) is 14.0. The Morgan fingerprint density at radius 2 is 0.583 bits per heavy atom. The van der Waals surface area contributed by atoms with Crippen LogP contribution in [0.25, 0.3) is 0 Å². The van der Waals surface area contributed by atoms with E-state index in [0.717, 1.165) is 0 Å². The predicted octanol–water partition coefficient (Wildman–Crippen LogP) is 11.6. The van der Waals surface area contributed by atoms with Gasteiger partial charge in [-0.25, -0.2) is 0 Å². The highest BCUT2D eigenvalue weighted by molar-refractivity contribution is 4.95. The lowest BCUT2D eigenvalue weighted by atomic mass is 10.0. The van der Waals surface area contributed by atoms with Crippen LogP contribution in [-0.2, 0) is 0 Å². The van der Waals surface area contributed by atoms with Gasteiger partial charge in [-0.3, -0.25) is 0 Å². The molecule has 1 aliphatic heterocycles. The van der Waals surface area contributed by atoms with E-state index in [2.05, 4.69) is 43.0 Å². The van der Waals surface area contributed by atoms with E-state index in [-0.39, 0.29) is 0 Å². The largest absolute Gasteiger partial charge is 0.356 e. The molecule has 0 unspecified atom stereocenters. The molecule has 0 saturated heterocycles. The fourth-order valence-electron chi connectivity index (χ4n) is 5.76. The maximum atomic E-state index is 2.57. The van der Waals surface area contributed by atoms with Gasteiger partial charge >= 0.3 is 0 Å². The van der Waals surface area contributed by atoms with Crippen molar-refractivity contribution in [2.45, 2.75) is 194 Å². The maximum Gasteiger partial charge on any atom is 0.0977 e. The quantitative estimate of drug-likeness (QED) is 0.0977. The summed E-state index contributed by atoms with van der Waals surface area (Å²) >= 11 is 0. The highest BCUT2D eigenvalue weighted by Gasteiger charge is 2.20. The second kappa shape index (κ2) is 26.0. The lowest BCUT2D eigenvalue weighted by Gasteiger charge is -2.30. The zero-order valence-corrected chi connectivity index (χ0v) is 25.4. The van der Waals surface area contributed by atoms with Crippen LogP contribution in [0.15, 0.2) is 12.4 Å². The Morgan fingerprint density at radius 3 is 0.833 bits per heavy atom. The molecule has 1 rings (SSSR count). The number of nitrogens with zero attached hydrogens (tertiary/aromatic N) is 2. The van der Waals surface area contributed by atoms with Crippen LogP contribution in [0.3, 0.4) is 0 Å². The van der Waals surface area contributed by atoms with Crippen LogP contribution in [-0.4, -0.2) is 29.1 Å². The van der Waals surface area contributed by atoms with Gasteiger partial charge in [0, 0.05) is 25.5 Å². The zero-order chi connectivity index (χ0) is 25.9. The first kappa shape index (κ1) is 33.4. The first-order valence-corrected chi connectivity index (χ1v) is 17.0. The summed E-state index contributed by atoms with van der Waals surface area (Å²) in [4.78, 5) is 5.14. The molecule has 214 valence electrons. The van der Waals surface area contributed by atoms with Gasteiger partial charge in [0.25, 0.3) is 0 Å². The SMILES string of the molecule is CCCCCCCCCCCCCCCN1C=CN(CCCCCCCCCCCCCCC)C1C. The standard InChI is InChI=1S/C34H68N2/c1-4-6-8-10-12-14-16-18-20-22-24-26-28-30-35-32-33-36(34(35)3)31-29-27-25-23-21-19-17-15-13-11-9-7-5-2/h32-34H,4-31H2,1-3H3.